The summed E-state index contributed by atoms with van der Waals surface area (Å²) in [5.74, 6) is -0.763. The molecule has 0 saturated heterocycles. The third-order valence-electron chi connectivity index (χ3n) is 3.41. The molecular weight excluding hydrogens is 202 g/mol. The largest absolute Gasteiger partial charge is 0.480 e. The molecule has 1 aliphatic carbocycles. The minimum atomic E-state index is -0.763. The maximum Gasteiger partial charge on any atom is 0.320 e. The van der Waals surface area contributed by atoms with Gasteiger partial charge in [0.05, 0.1) is 0 Å². The topological polar surface area (TPSA) is 49.3 Å². The first-order valence-corrected chi connectivity index (χ1v) is 6.10. The van der Waals surface area contributed by atoms with Crippen LogP contribution < -0.4 is 5.32 Å². The molecule has 0 radical (unpaired) electrons. The van der Waals surface area contributed by atoms with Gasteiger partial charge in [-0.2, -0.15) is 0 Å². The lowest BCUT2D eigenvalue weighted by molar-refractivity contribution is -0.139. The molecule has 3 nitrogen and oxygen atoms in total. The van der Waals surface area contributed by atoms with Crippen molar-refractivity contribution in [2.45, 2.75) is 66.0 Å². The summed E-state index contributed by atoms with van der Waals surface area (Å²) in [4.78, 5) is 10.8. The average molecular weight is 227 g/mol. The first-order valence-electron chi connectivity index (χ1n) is 6.10. The van der Waals surface area contributed by atoms with E-state index in [2.05, 4.69) is 33.0 Å². The molecule has 0 bridgehead atoms. The quantitative estimate of drug-likeness (QED) is 0.779. The Hall–Kier alpha value is -0.570. The summed E-state index contributed by atoms with van der Waals surface area (Å²) in [5, 5.41) is 12.1. The Bertz CT molecular complexity index is 255. The molecule has 0 aromatic rings. The lowest BCUT2D eigenvalue weighted by Crippen LogP contribution is -2.48. The van der Waals surface area contributed by atoms with Crippen molar-refractivity contribution in [2.75, 3.05) is 0 Å². The van der Waals surface area contributed by atoms with Crippen molar-refractivity contribution in [3.8, 4) is 0 Å². The van der Waals surface area contributed by atoms with Gasteiger partial charge in [0.15, 0.2) is 0 Å². The first kappa shape index (κ1) is 13.5. The molecule has 0 heterocycles. The fourth-order valence-electron chi connectivity index (χ4n) is 3.39. The van der Waals surface area contributed by atoms with Crippen LogP contribution in [0.25, 0.3) is 0 Å². The van der Waals surface area contributed by atoms with E-state index in [9.17, 15) is 4.79 Å². The van der Waals surface area contributed by atoms with E-state index >= 15 is 0 Å². The standard InChI is InChI=1S/C13H25NO2/c1-9(11(15)16)14-10-6-12(2,3)8-13(4,5)7-10/h9-10,14H,6-8H2,1-5H3,(H,15,16)/t9-/m1/s1. The van der Waals surface area contributed by atoms with Crippen molar-refractivity contribution in [1.29, 1.82) is 0 Å². The Morgan fingerprint density at radius 3 is 2.06 bits per heavy atom. The van der Waals surface area contributed by atoms with Crippen LogP contribution in [-0.4, -0.2) is 23.2 Å². The van der Waals surface area contributed by atoms with Gasteiger partial charge in [0.2, 0.25) is 0 Å². The Morgan fingerprint density at radius 2 is 1.69 bits per heavy atom. The van der Waals surface area contributed by atoms with E-state index in [-0.39, 0.29) is 0 Å². The number of hydrogen-bond donors (Lipinski definition) is 2. The zero-order chi connectivity index (χ0) is 12.6. The van der Waals surface area contributed by atoms with Crippen molar-refractivity contribution in [3.05, 3.63) is 0 Å². The number of nitrogens with one attached hydrogen (secondary N) is 1. The number of rotatable bonds is 3. The van der Waals surface area contributed by atoms with Gasteiger partial charge in [-0.05, 0) is 37.0 Å². The predicted octanol–water partition coefficient (Wildman–Crippen LogP) is 2.65. The first-order chi connectivity index (χ1) is 7.11. The molecular formula is C13H25NO2. The summed E-state index contributed by atoms with van der Waals surface area (Å²) in [6.07, 6.45) is 3.34. The van der Waals surface area contributed by atoms with Gasteiger partial charge in [-0.3, -0.25) is 4.79 Å². The molecule has 0 amide bonds. The van der Waals surface area contributed by atoms with Crippen molar-refractivity contribution < 1.29 is 9.90 Å². The van der Waals surface area contributed by atoms with Gasteiger partial charge in [-0.15, -0.1) is 0 Å². The SMILES string of the molecule is C[C@@H](NC1CC(C)(C)CC(C)(C)C1)C(=O)O. The van der Waals surface area contributed by atoms with Gasteiger partial charge in [-0.25, -0.2) is 0 Å². The fourth-order valence-corrected chi connectivity index (χ4v) is 3.39. The van der Waals surface area contributed by atoms with E-state index < -0.39 is 12.0 Å². The third kappa shape index (κ3) is 3.78. The second kappa shape index (κ2) is 4.36. The van der Waals surface area contributed by atoms with Gasteiger partial charge >= 0.3 is 5.97 Å². The highest BCUT2D eigenvalue weighted by molar-refractivity contribution is 5.72. The maximum absolute atomic E-state index is 10.8. The van der Waals surface area contributed by atoms with E-state index in [1.165, 1.54) is 6.42 Å². The number of carbonyl (C=O) groups is 1. The van der Waals surface area contributed by atoms with Crippen LogP contribution in [0.2, 0.25) is 0 Å². The summed E-state index contributed by atoms with van der Waals surface area (Å²) < 4.78 is 0. The van der Waals surface area contributed by atoms with Crippen LogP contribution in [0.15, 0.2) is 0 Å². The van der Waals surface area contributed by atoms with Crippen LogP contribution >= 0.6 is 0 Å². The maximum atomic E-state index is 10.8. The smallest absolute Gasteiger partial charge is 0.320 e. The minimum Gasteiger partial charge on any atom is -0.480 e. The van der Waals surface area contributed by atoms with Crippen LogP contribution in [0.4, 0.5) is 0 Å². The van der Waals surface area contributed by atoms with E-state index in [1.807, 2.05) is 0 Å². The van der Waals surface area contributed by atoms with Crippen LogP contribution in [0, 0.1) is 10.8 Å². The number of carboxylic acids is 1. The molecule has 16 heavy (non-hydrogen) atoms. The lowest BCUT2D eigenvalue weighted by Gasteiger charge is -2.45. The highest BCUT2D eigenvalue weighted by Gasteiger charge is 2.38. The van der Waals surface area contributed by atoms with Gasteiger partial charge in [-0.1, -0.05) is 27.7 Å². The van der Waals surface area contributed by atoms with Gasteiger partial charge in [0, 0.05) is 6.04 Å². The fraction of sp³-hybridized carbons (Fsp3) is 0.923. The van der Waals surface area contributed by atoms with Crippen LogP contribution in [0.3, 0.4) is 0 Å². The molecule has 1 fully saturated rings. The molecule has 3 heteroatoms. The van der Waals surface area contributed by atoms with Crippen molar-refractivity contribution in [2.24, 2.45) is 10.8 Å². The molecule has 0 unspecified atom stereocenters. The molecule has 0 aromatic carbocycles. The summed E-state index contributed by atoms with van der Waals surface area (Å²) in [6.45, 7) is 10.8. The molecule has 0 aliphatic heterocycles. The van der Waals surface area contributed by atoms with E-state index in [0.29, 0.717) is 16.9 Å². The number of aliphatic carboxylic acids is 1. The Kier molecular flexibility index (Phi) is 3.68. The zero-order valence-electron chi connectivity index (χ0n) is 11.1. The highest BCUT2D eigenvalue weighted by Crippen LogP contribution is 2.45. The lowest BCUT2D eigenvalue weighted by atomic mass is 9.63. The van der Waals surface area contributed by atoms with E-state index in [4.69, 9.17) is 5.11 Å². The van der Waals surface area contributed by atoms with E-state index in [1.54, 1.807) is 6.92 Å². The third-order valence-corrected chi connectivity index (χ3v) is 3.41. The molecule has 1 atom stereocenters. The van der Waals surface area contributed by atoms with Crippen molar-refractivity contribution >= 4 is 5.97 Å². The van der Waals surface area contributed by atoms with Gasteiger partial charge < -0.3 is 10.4 Å². The molecule has 0 spiro atoms. The monoisotopic (exact) mass is 227 g/mol. The van der Waals surface area contributed by atoms with Gasteiger partial charge in [0.1, 0.15) is 6.04 Å². The Balaban J connectivity index is 2.64. The molecule has 1 aliphatic rings. The summed E-state index contributed by atoms with van der Waals surface area (Å²) in [6, 6.07) is -0.125. The second-order valence-corrected chi connectivity index (χ2v) is 6.84. The molecule has 2 N–H and O–H groups in total. The van der Waals surface area contributed by atoms with Crippen LogP contribution in [0.1, 0.15) is 53.9 Å². The molecule has 1 rings (SSSR count). The summed E-state index contributed by atoms with van der Waals surface area (Å²) in [5.41, 5.74) is 0.606. The van der Waals surface area contributed by atoms with Crippen molar-refractivity contribution in [3.63, 3.8) is 0 Å². The highest BCUT2D eigenvalue weighted by atomic mass is 16.4. The molecule has 94 valence electrons. The number of hydrogen-bond acceptors (Lipinski definition) is 2. The minimum absolute atomic E-state index is 0.303. The van der Waals surface area contributed by atoms with Gasteiger partial charge in [0.25, 0.3) is 0 Å². The predicted molar refractivity (Wildman–Crippen MR) is 65.4 cm³/mol. The van der Waals surface area contributed by atoms with Crippen molar-refractivity contribution in [1.82, 2.24) is 5.32 Å². The van der Waals surface area contributed by atoms with Crippen LogP contribution in [-0.2, 0) is 4.79 Å². The summed E-state index contributed by atoms with van der Waals surface area (Å²) >= 11 is 0. The molecule has 0 aromatic heterocycles. The van der Waals surface area contributed by atoms with E-state index in [0.717, 1.165) is 12.8 Å². The number of carboxylic acid groups (broad SMARTS) is 1. The Morgan fingerprint density at radius 1 is 1.25 bits per heavy atom. The normalized spacial score (nSPS) is 26.3. The van der Waals surface area contributed by atoms with Crippen LogP contribution in [0.5, 0.6) is 0 Å². The molecule has 1 saturated carbocycles. The summed E-state index contributed by atoms with van der Waals surface area (Å²) in [7, 11) is 0. The zero-order valence-corrected chi connectivity index (χ0v) is 11.1. The Labute approximate surface area is 98.6 Å². The second-order valence-electron chi connectivity index (χ2n) is 6.84. The average Bonchev–Trinajstić information content (AvgIpc) is 1.96.